The lowest BCUT2D eigenvalue weighted by Gasteiger charge is -1.93. The normalized spacial score (nSPS) is 9.30. The fourth-order valence-electron chi connectivity index (χ4n) is 0.750. The number of carbonyl (C=O) groups excluding carboxylic acids is 1. The van der Waals surface area contributed by atoms with E-state index in [1.165, 1.54) is 0 Å². The van der Waals surface area contributed by atoms with Crippen LogP contribution in [0.1, 0.15) is 11.1 Å². The van der Waals surface area contributed by atoms with E-state index in [0.29, 0.717) is 6.42 Å². The molecule has 0 bridgehead atoms. The average molecular weight is 132 g/mol. The Bertz CT molecular complexity index is 211. The smallest absolute Gasteiger partial charge is 0.124 e. The molecule has 0 heterocycles. The van der Waals surface area contributed by atoms with Gasteiger partial charge in [-0.25, -0.2) is 0 Å². The largest absolute Gasteiger partial charge is 0.303 e. The van der Waals surface area contributed by atoms with E-state index < -0.39 is 0 Å². The summed E-state index contributed by atoms with van der Waals surface area (Å²) in [5.41, 5.74) is 1.74. The van der Waals surface area contributed by atoms with E-state index in [4.69, 9.17) is 6.92 Å². The summed E-state index contributed by atoms with van der Waals surface area (Å²) in [4.78, 5) is 10.0. The molecule has 0 atom stereocenters. The summed E-state index contributed by atoms with van der Waals surface area (Å²) in [6, 6.07) is 7.28. The quantitative estimate of drug-likeness (QED) is 0.557. The fourth-order valence-corrected chi connectivity index (χ4v) is 0.750. The molecule has 2 radical (unpaired) electrons. The Balaban J connectivity index is 2.78. The molecule has 0 saturated heterocycles. The molecule has 10 heavy (non-hydrogen) atoms. The number of hydrogen-bond donors (Lipinski definition) is 0. The number of aldehydes is 1. The third-order valence-corrected chi connectivity index (χ3v) is 1.30. The predicted molar refractivity (Wildman–Crippen MR) is 39.6 cm³/mol. The maximum atomic E-state index is 10.0. The van der Waals surface area contributed by atoms with Crippen molar-refractivity contribution in [2.75, 3.05) is 0 Å². The lowest BCUT2D eigenvalue weighted by Crippen LogP contribution is -1.84. The third-order valence-electron chi connectivity index (χ3n) is 1.30. The first kappa shape index (κ1) is 7.00. The second-order valence-corrected chi connectivity index (χ2v) is 2.11. The van der Waals surface area contributed by atoms with Gasteiger partial charge in [0.05, 0.1) is 0 Å². The number of benzene rings is 1. The molecule has 0 amide bonds. The molecular weight excluding hydrogens is 124 g/mol. The summed E-state index contributed by atoms with van der Waals surface area (Å²) in [6.45, 7) is 5.43. The molecule has 50 valence electrons. The topological polar surface area (TPSA) is 17.1 Å². The molecule has 0 saturated carbocycles. The maximum absolute atomic E-state index is 10.0. The van der Waals surface area contributed by atoms with Crippen LogP contribution in [0, 0.1) is 6.92 Å². The van der Waals surface area contributed by atoms with Gasteiger partial charge in [-0.2, -0.15) is 0 Å². The summed E-state index contributed by atoms with van der Waals surface area (Å²) in [5, 5.41) is 0. The van der Waals surface area contributed by atoms with Crippen LogP contribution >= 0.6 is 0 Å². The number of rotatable bonds is 2. The molecule has 1 rings (SSSR count). The molecule has 0 aromatic heterocycles. The van der Waals surface area contributed by atoms with Crippen LogP contribution in [0.5, 0.6) is 0 Å². The Labute approximate surface area is 60.7 Å². The van der Waals surface area contributed by atoms with E-state index in [1.54, 1.807) is 12.1 Å². The van der Waals surface area contributed by atoms with Crippen molar-refractivity contribution in [2.45, 2.75) is 6.42 Å². The van der Waals surface area contributed by atoms with E-state index in [0.717, 1.165) is 17.4 Å². The van der Waals surface area contributed by atoms with Crippen molar-refractivity contribution in [2.24, 2.45) is 0 Å². The first-order valence-electron chi connectivity index (χ1n) is 3.11. The van der Waals surface area contributed by atoms with Gasteiger partial charge in [-0.1, -0.05) is 24.3 Å². The van der Waals surface area contributed by atoms with Crippen molar-refractivity contribution in [3.05, 3.63) is 42.3 Å². The Hall–Kier alpha value is -1.11. The molecule has 0 fully saturated rings. The minimum atomic E-state index is 0.472. The molecule has 0 N–H and O–H groups in total. The number of hydrogen-bond acceptors (Lipinski definition) is 1. The summed E-state index contributed by atoms with van der Waals surface area (Å²) in [5.74, 6) is 0. The SMILES string of the molecule is [CH]c1ccc(CC=O)cc1. The maximum Gasteiger partial charge on any atom is 0.124 e. The van der Waals surface area contributed by atoms with Crippen molar-refractivity contribution in [1.82, 2.24) is 0 Å². The molecule has 1 nitrogen and oxygen atoms in total. The monoisotopic (exact) mass is 132 g/mol. The first-order valence-corrected chi connectivity index (χ1v) is 3.11. The van der Waals surface area contributed by atoms with E-state index in [1.807, 2.05) is 12.1 Å². The lowest BCUT2D eigenvalue weighted by atomic mass is 10.1. The lowest BCUT2D eigenvalue weighted by molar-refractivity contribution is -0.107. The third kappa shape index (κ3) is 1.69. The van der Waals surface area contributed by atoms with Crippen LogP contribution in [0.2, 0.25) is 0 Å². The highest BCUT2D eigenvalue weighted by Gasteiger charge is 1.88. The average Bonchev–Trinajstić information content (AvgIpc) is 1.95. The summed E-state index contributed by atoms with van der Waals surface area (Å²) in [6.07, 6.45) is 1.35. The van der Waals surface area contributed by atoms with Gasteiger partial charge in [0.25, 0.3) is 0 Å². The van der Waals surface area contributed by atoms with Gasteiger partial charge in [-0.3, -0.25) is 0 Å². The Kier molecular flexibility index (Phi) is 2.21. The van der Waals surface area contributed by atoms with Crippen LogP contribution in [-0.4, -0.2) is 6.29 Å². The molecule has 0 aliphatic carbocycles. The Morgan fingerprint density at radius 2 is 1.90 bits per heavy atom. The molecule has 1 aromatic rings. The summed E-state index contributed by atoms with van der Waals surface area (Å²) >= 11 is 0. The molecule has 1 aromatic carbocycles. The zero-order chi connectivity index (χ0) is 7.40. The van der Waals surface area contributed by atoms with Gasteiger partial charge in [-0.15, -0.1) is 0 Å². The van der Waals surface area contributed by atoms with Gasteiger partial charge in [0.15, 0.2) is 0 Å². The Morgan fingerprint density at radius 3 is 2.40 bits per heavy atom. The van der Waals surface area contributed by atoms with Crippen molar-refractivity contribution >= 4 is 6.29 Å². The first-order chi connectivity index (χ1) is 4.83. The zero-order valence-corrected chi connectivity index (χ0v) is 5.58. The summed E-state index contributed by atoms with van der Waals surface area (Å²) in [7, 11) is 0. The minimum absolute atomic E-state index is 0.472. The zero-order valence-electron chi connectivity index (χ0n) is 5.58. The van der Waals surface area contributed by atoms with E-state index >= 15 is 0 Å². The molecule has 0 aliphatic rings. The number of carbonyl (C=O) groups is 1. The molecule has 0 unspecified atom stereocenters. The summed E-state index contributed by atoms with van der Waals surface area (Å²) < 4.78 is 0. The van der Waals surface area contributed by atoms with Crippen molar-refractivity contribution < 1.29 is 4.79 Å². The van der Waals surface area contributed by atoms with Crippen molar-refractivity contribution in [3.63, 3.8) is 0 Å². The van der Waals surface area contributed by atoms with Gasteiger partial charge in [0, 0.05) is 6.42 Å². The molecule has 0 aliphatic heterocycles. The van der Waals surface area contributed by atoms with Crippen molar-refractivity contribution in [1.29, 1.82) is 0 Å². The van der Waals surface area contributed by atoms with E-state index in [2.05, 4.69) is 0 Å². The standard InChI is InChI=1S/C9H8O/c1-8-2-4-9(5-3-8)6-7-10/h1-5,7H,6H2. The van der Waals surface area contributed by atoms with Crippen LogP contribution in [0.3, 0.4) is 0 Å². The molecule has 1 heteroatoms. The van der Waals surface area contributed by atoms with Gasteiger partial charge in [0.1, 0.15) is 6.29 Å². The van der Waals surface area contributed by atoms with Crippen LogP contribution in [0.25, 0.3) is 0 Å². The second-order valence-electron chi connectivity index (χ2n) is 2.11. The second kappa shape index (κ2) is 3.16. The highest BCUT2D eigenvalue weighted by molar-refractivity contribution is 5.54. The predicted octanol–water partition coefficient (Wildman–Crippen LogP) is 1.49. The fraction of sp³-hybridized carbons (Fsp3) is 0.111. The van der Waals surface area contributed by atoms with Gasteiger partial charge >= 0.3 is 0 Å². The van der Waals surface area contributed by atoms with Crippen LogP contribution in [0.15, 0.2) is 24.3 Å². The molecule has 0 spiro atoms. The Morgan fingerprint density at radius 1 is 1.30 bits per heavy atom. The van der Waals surface area contributed by atoms with Gasteiger partial charge in [0.2, 0.25) is 0 Å². The van der Waals surface area contributed by atoms with E-state index in [9.17, 15) is 4.79 Å². The minimum Gasteiger partial charge on any atom is -0.303 e. The van der Waals surface area contributed by atoms with Gasteiger partial charge in [-0.05, 0) is 18.1 Å². The highest BCUT2D eigenvalue weighted by Crippen LogP contribution is 2.01. The highest BCUT2D eigenvalue weighted by atomic mass is 16.1. The van der Waals surface area contributed by atoms with Gasteiger partial charge < -0.3 is 4.79 Å². The molecular formula is C9H8O. The van der Waals surface area contributed by atoms with Crippen LogP contribution in [0.4, 0.5) is 0 Å². The van der Waals surface area contributed by atoms with E-state index in [-0.39, 0.29) is 0 Å². The van der Waals surface area contributed by atoms with Crippen LogP contribution in [-0.2, 0) is 11.2 Å². The van der Waals surface area contributed by atoms with Crippen LogP contribution < -0.4 is 0 Å². The van der Waals surface area contributed by atoms with Crippen molar-refractivity contribution in [3.8, 4) is 0 Å².